The van der Waals surface area contributed by atoms with Crippen LogP contribution in [0.1, 0.15) is 27.8 Å². The van der Waals surface area contributed by atoms with Gasteiger partial charge in [-0.1, -0.05) is 11.6 Å². The molecule has 0 aliphatic carbocycles. The third kappa shape index (κ3) is 4.63. The van der Waals surface area contributed by atoms with Crippen molar-refractivity contribution in [1.82, 2.24) is 9.78 Å². The number of hydrogen-bond acceptors (Lipinski definition) is 9. The molecule has 36 heavy (non-hydrogen) atoms. The maximum atomic E-state index is 13.5. The average molecular weight is 529 g/mol. The van der Waals surface area contributed by atoms with Gasteiger partial charge in [-0.2, -0.15) is 9.78 Å². The van der Waals surface area contributed by atoms with Crippen LogP contribution in [0.15, 0.2) is 52.6 Å². The van der Waals surface area contributed by atoms with Gasteiger partial charge < -0.3 is 14.8 Å². The minimum absolute atomic E-state index is 0.0330. The summed E-state index contributed by atoms with van der Waals surface area (Å²) in [6, 6.07) is 10.0. The van der Waals surface area contributed by atoms with E-state index in [-0.39, 0.29) is 38.7 Å². The molecule has 0 aliphatic rings. The molecule has 4 rings (SSSR count). The Kier molecular flexibility index (Phi) is 6.99. The second kappa shape index (κ2) is 10.1. The number of anilines is 1. The number of aromatic nitrogens is 2. The van der Waals surface area contributed by atoms with Crippen molar-refractivity contribution >= 4 is 56.3 Å². The SMILES string of the molecule is CCOC(=O)c1nn(-c2ccc(OC)cc2)c(=O)c2c(NC(=O)c3ccc(Cl)c([N+](=O)[O-])c3)scc12. The number of rotatable bonds is 7. The zero-order valence-corrected chi connectivity index (χ0v) is 20.4. The molecule has 2 aromatic carbocycles. The van der Waals surface area contributed by atoms with Crippen molar-refractivity contribution in [2.24, 2.45) is 0 Å². The van der Waals surface area contributed by atoms with Crippen LogP contribution in [0.4, 0.5) is 10.7 Å². The number of methoxy groups -OCH3 is 1. The van der Waals surface area contributed by atoms with Crippen LogP contribution < -0.4 is 15.6 Å². The first-order chi connectivity index (χ1) is 17.2. The lowest BCUT2D eigenvalue weighted by atomic mass is 10.2. The van der Waals surface area contributed by atoms with E-state index in [9.17, 15) is 24.5 Å². The molecule has 0 fully saturated rings. The molecular formula is C23H17ClN4O7S. The summed E-state index contributed by atoms with van der Waals surface area (Å²) in [7, 11) is 1.50. The number of nitrogens with one attached hydrogen (secondary N) is 1. The lowest BCUT2D eigenvalue weighted by molar-refractivity contribution is -0.384. The molecule has 2 heterocycles. The van der Waals surface area contributed by atoms with Crippen LogP contribution in [0, 0.1) is 10.1 Å². The monoisotopic (exact) mass is 528 g/mol. The van der Waals surface area contributed by atoms with Gasteiger partial charge in [0.1, 0.15) is 15.8 Å². The maximum Gasteiger partial charge on any atom is 0.359 e. The van der Waals surface area contributed by atoms with Gasteiger partial charge in [-0.05, 0) is 43.3 Å². The van der Waals surface area contributed by atoms with E-state index in [1.165, 1.54) is 24.6 Å². The molecule has 11 nitrogen and oxygen atoms in total. The molecule has 0 saturated carbocycles. The van der Waals surface area contributed by atoms with Gasteiger partial charge in [-0.25, -0.2) is 4.79 Å². The van der Waals surface area contributed by atoms with Crippen LogP contribution in [0.5, 0.6) is 5.75 Å². The Balaban J connectivity index is 1.84. The molecule has 0 aliphatic heterocycles. The summed E-state index contributed by atoms with van der Waals surface area (Å²) in [5.41, 5.74) is -0.827. The van der Waals surface area contributed by atoms with Gasteiger partial charge in [0.05, 0.1) is 29.7 Å². The Bertz CT molecular complexity index is 1560. The van der Waals surface area contributed by atoms with Crippen LogP contribution in [0.2, 0.25) is 5.02 Å². The Morgan fingerprint density at radius 2 is 1.94 bits per heavy atom. The molecule has 1 amide bonds. The van der Waals surface area contributed by atoms with Crippen LogP contribution in [-0.4, -0.2) is 40.3 Å². The second-order valence-corrected chi connectivity index (χ2v) is 8.50. The summed E-state index contributed by atoms with van der Waals surface area (Å²) in [6.07, 6.45) is 0. The summed E-state index contributed by atoms with van der Waals surface area (Å²) < 4.78 is 11.3. The van der Waals surface area contributed by atoms with Gasteiger partial charge in [0.2, 0.25) is 0 Å². The zero-order chi connectivity index (χ0) is 26.0. The van der Waals surface area contributed by atoms with Gasteiger partial charge in [0, 0.05) is 22.4 Å². The number of carbonyl (C=O) groups is 2. The lowest BCUT2D eigenvalue weighted by Crippen LogP contribution is -2.25. The molecule has 1 N–H and O–H groups in total. The number of hydrogen-bond donors (Lipinski definition) is 1. The molecule has 0 saturated heterocycles. The van der Waals surface area contributed by atoms with Crippen LogP contribution in [0.25, 0.3) is 16.5 Å². The minimum Gasteiger partial charge on any atom is -0.497 e. The smallest absolute Gasteiger partial charge is 0.359 e. The molecule has 0 bridgehead atoms. The van der Waals surface area contributed by atoms with Crippen LogP contribution in [-0.2, 0) is 4.74 Å². The van der Waals surface area contributed by atoms with Gasteiger partial charge in [-0.15, -0.1) is 11.3 Å². The number of nitro groups is 1. The lowest BCUT2D eigenvalue weighted by Gasteiger charge is -2.10. The second-order valence-electron chi connectivity index (χ2n) is 7.21. The fourth-order valence-corrected chi connectivity index (χ4v) is 4.48. The highest BCUT2D eigenvalue weighted by molar-refractivity contribution is 7.16. The molecule has 4 aromatic rings. The number of halogens is 1. The predicted molar refractivity (Wildman–Crippen MR) is 134 cm³/mol. The van der Waals surface area contributed by atoms with Crippen molar-refractivity contribution in [2.75, 3.05) is 19.0 Å². The Morgan fingerprint density at radius 3 is 2.58 bits per heavy atom. The fourth-order valence-electron chi connectivity index (χ4n) is 3.36. The maximum absolute atomic E-state index is 13.5. The molecule has 2 aromatic heterocycles. The number of amides is 1. The number of thiophene rings is 1. The first kappa shape index (κ1) is 24.8. The highest BCUT2D eigenvalue weighted by atomic mass is 35.5. The normalized spacial score (nSPS) is 10.8. The number of nitrogens with zero attached hydrogens (tertiary/aromatic N) is 3. The first-order valence-electron chi connectivity index (χ1n) is 10.4. The van der Waals surface area contributed by atoms with Crippen molar-refractivity contribution in [3.8, 4) is 11.4 Å². The summed E-state index contributed by atoms with van der Waals surface area (Å²) >= 11 is 6.83. The molecule has 0 spiro atoms. The molecule has 184 valence electrons. The van der Waals surface area contributed by atoms with Crippen LogP contribution >= 0.6 is 22.9 Å². The van der Waals surface area contributed by atoms with Gasteiger partial charge in [-0.3, -0.25) is 19.7 Å². The van der Waals surface area contributed by atoms with E-state index in [1.807, 2.05) is 0 Å². The van der Waals surface area contributed by atoms with E-state index < -0.39 is 28.0 Å². The highest BCUT2D eigenvalue weighted by Gasteiger charge is 2.24. The highest BCUT2D eigenvalue weighted by Crippen LogP contribution is 2.32. The molecule has 0 radical (unpaired) electrons. The van der Waals surface area contributed by atoms with Crippen molar-refractivity contribution in [1.29, 1.82) is 0 Å². The number of fused-ring (bicyclic) bond motifs is 1. The van der Waals surface area contributed by atoms with E-state index in [0.29, 0.717) is 11.4 Å². The largest absolute Gasteiger partial charge is 0.497 e. The van der Waals surface area contributed by atoms with E-state index >= 15 is 0 Å². The third-order valence-corrected chi connectivity index (χ3v) is 6.29. The molecule has 0 unspecified atom stereocenters. The van der Waals surface area contributed by atoms with Gasteiger partial charge in [0.15, 0.2) is 5.69 Å². The Hall–Kier alpha value is -4.29. The zero-order valence-electron chi connectivity index (χ0n) is 18.8. The van der Waals surface area contributed by atoms with E-state index in [1.54, 1.807) is 31.2 Å². The molecule has 13 heteroatoms. The van der Waals surface area contributed by atoms with E-state index in [0.717, 1.165) is 22.1 Å². The third-order valence-electron chi connectivity index (χ3n) is 5.07. The predicted octanol–water partition coefficient (Wildman–Crippen LogP) is 4.45. The van der Waals surface area contributed by atoms with Crippen molar-refractivity contribution in [3.63, 3.8) is 0 Å². The Labute approximate surface area is 212 Å². The topological polar surface area (TPSA) is 143 Å². The summed E-state index contributed by atoms with van der Waals surface area (Å²) in [4.78, 5) is 49.5. The van der Waals surface area contributed by atoms with Gasteiger partial charge >= 0.3 is 5.97 Å². The van der Waals surface area contributed by atoms with Gasteiger partial charge in [0.25, 0.3) is 17.2 Å². The summed E-state index contributed by atoms with van der Waals surface area (Å²) in [5, 5.41) is 19.8. The standard InChI is InChI=1S/C23H17ClN4O7S/c1-3-35-23(31)19-15-11-36-21(25-20(29)12-4-9-16(24)17(10-12)28(32)33)18(15)22(30)27(26-19)13-5-7-14(34-2)8-6-13/h4-11H,3H2,1-2H3,(H,25,29). The van der Waals surface area contributed by atoms with Crippen molar-refractivity contribution in [3.05, 3.63) is 84.6 Å². The minimum atomic E-state index is -0.742. The first-order valence-corrected chi connectivity index (χ1v) is 11.6. The molecule has 0 atom stereocenters. The summed E-state index contributed by atoms with van der Waals surface area (Å²) in [6.45, 7) is 1.73. The fraction of sp³-hybridized carbons (Fsp3) is 0.130. The quantitative estimate of drug-likeness (QED) is 0.210. The number of ether oxygens (including phenoxy) is 2. The van der Waals surface area contributed by atoms with Crippen molar-refractivity contribution < 1.29 is 24.0 Å². The number of esters is 1. The Morgan fingerprint density at radius 1 is 1.22 bits per heavy atom. The number of nitro benzene ring substituents is 1. The van der Waals surface area contributed by atoms with Crippen LogP contribution in [0.3, 0.4) is 0 Å². The summed E-state index contributed by atoms with van der Waals surface area (Å²) in [5.74, 6) is -0.892. The number of benzene rings is 2. The van der Waals surface area contributed by atoms with Crippen molar-refractivity contribution in [2.45, 2.75) is 6.92 Å². The average Bonchev–Trinajstić information content (AvgIpc) is 3.28. The van der Waals surface area contributed by atoms with E-state index in [4.69, 9.17) is 21.1 Å². The number of carbonyl (C=O) groups excluding carboxylic acids is 2. The van der Waals surface area contributed by atoms with E-state index in [2.05, 4.69) is 10.4 Å². The molecular weight excluding hydrogens is 512 g/mol.